The van der Waals surface area contributed by atoms with Crippen molar-refractivity contribution in [2.45, 2.75) is 129 Å². The zero-order valence-corrected chi connectivity index (χ0v) is 18.7. The van der Waals surface area contributed by atoms with E-state index >= 15 is 0 Å². The van der Waals surface area contributed by atoms with E-state index in [1.807, 2.05) is 0 Å². The highest BCUT2D eigenvalue weighted by Crippen LogP contribution is 2.44. The molecule has 0 N–H and O–H groups in total. The number of rotatable bonds is 5. The molecule has 0 aromatic heterocycles. The molecular weight excluding hydrogens is 343 g/mol. The molecule has 0 bridgehead atoms. The summed E-state index contributed by atoms with van der Waals surface area (Å²) in [5.74, 6) is 7.05. The Balaban J connectivity index is 1.09. The first-order chi connectivity index (χ1) is 13.7. The molecule has 4 aliphatic carbocycles. The Morgan fingerprint density at radius 3 is 1.18 bits per heavy atom. The van der Waals surface area contributed by atoms with Crippen LogP contribution in [-0.4, -0.2) is 6.17 Å². The molecule has 0 aromatic carbocycles. The molecule has 4 rings (SSSR count). The summed E-state index contributed by atoms with van der Waals surface area (Å²) in [7, 11) is 0. The highest BCUT2D eigenvalue weighted by Gasteiger charge is 2.32. The third-order valence-electron chi connectivity index (χ3n) is 9.86. The van der Waals surface area contributed by atoms with Crippen molar-refractivity contribution in [1.29, 1.82) is 0 Å². The molecule has 0 radical (unpaired) electrons. The Kier molecular flexibility index (Phi) is 7.79. The fourth-order valence-corrected chi connectivity index (χ4v) is 7.68. The lowest BCUT2D eigenvalue weighted by atomic mass is 9.67. The first kappa shape index (κ1) is 21.2. The molecule has 4 aliphatic rings. The van der Waals surface area contributed by atoms with Crippen LogP contribution >= 0.6 is 0 Å². The Bertz CT molecular complexity index is 385. The van der Waals surface area contributed by atoms with Gasteiger partial charge in [-0.25, -0.2) is 4.39 Å². The lowest BCUT2D eigenvalue weighted by Crippen LogP contribution is -2.27. The molecule has 4 saturated carbocycles. The average molecular weight is 391 g/mol. The van der Waals surface area contributed by atoms with E-state index in [9.17, 15) is 4.39 Å². The second-order valence-corrected chi connectivity index (χ2v) is 11.7. The minimum absolute atomic E-state index is 0.482. The number of halogens is 1. The summed E-state index contributed by atoms with van der Waals surface area (Å²) < 4.78 is 13.4. The first-order valence-electron chi connectivity index (χ1n) is 13.3. The highest BCUT2D eigenvalue weighted by molar-refractivity contribution is 4.84. The van der Waals surface area contributed by atoms with Gasteiger partial charge in [0.05, 0.1) is 0 Å². The van der Waals surface area contributed by atoms with Crippen molar-refractivity contribution in [2.24, 2.45) is 41.4 Å². The standard InChI is InChI=1S/C27H47F/c1-20-2-10-23(11-3-20)24-12-6-21(7-13-24)4-5-22-8-14-25(15-9-22)26-16-18-27(28)19-17-26/h20-27H,2-19H2,1H3. The molecule has 0 heterocycles. The molecule has 0 spiro atoms. The molecule has 0 nitrogen and oxygen atoms in total. The third-order valence-corrected chi connectivity index (χ3v) is 9.86. The topological polar surface area (TPSA) is 0 Å². The molecule has 0 saturated heterocycles. The first-order valence-corrected chi connectivity index (χ1v) is 13.3. The third kappa shape index (κ3) is 5.75. The van der Waals surface area contributed by atoms with Gasteiger partial charge in [0.2, 0.25) is 0 Å². The number of hydrogen-bond donors (Lipinski definition) is 0. The van der Waals surface area contributed by atoms with E-state index in [2.05, 4.69) is 6.92 Å². The second kappa shape index (κ2) is 10.3. The Hall–Kier alpha value is -0.0700. The fraction of sp³-hybridized carbons (Fsp3) is 1.00. The summed E-state index contributed by atoms with van der Waals surface area (Å²) in [5.41, 5.74) is 0. The van der Waals surface area contributed by atoms with Gasteiger partial charge in [0.25, 0.3) is 0 Å². The van der Waals surface area contributed by atoms with Crippen LogP contribution in [0.1, 0.15) is 122 Å². The van der Waals surface area contributed by atoms with Gasteiger partial charge >= 0.3 is 0 Å². The summed E-state index contributed by atoms with van der Waals surface area (Å²) in [6, 6.07) is 0. The molecule has 1 heteroatoms. The number of alkyl halides is 1. The fourth-order valence-electron chi connectivity index (χ4n) is 7.68. The minimum Gasteiger partial charge on any atom is -0.247 e. The zero-order valence-electron chi connectivity index (χ0n) is 18.7. The van der Waals surface area contributed by atoms with E-state index in [0.717, 1.165) is 54.3 Å². The maximum Gasteiger partial charge on any atom is 0.100 e. The smallest absolute Gasteiger partial charge is 0.100 e. The van der Waals surface area contributed by atoms with Crippen molar-refractivity contribution < 1.29 is 4.39 Å². The summed E-state index contributed by atoms with van der Waals surface area (Å²) in [4.78, 5) is 0. The van der Waals surface area contributed by atoms with Crippen LogP contribution in [0.4, 0.5) is 4.39 Å². The predicted molar refractivity (Wildman–Crippen MR) is 118 cm³/mol. The molecular formula is C27H47F. The maximum atomic E-state index is 13.4. The monoisotopic (exact) mass is 390 g/mol. The van der Waals surface area contributed by atoms with Gasteiger partial charge in [0, 0.05) is 0 Å². The van der Waals surface area contributed by atoms with Crippen molar-refractivity contribution in [1.82, 2.24) is 0 Å². The van der Waals surface area contributed by atoms with E-state index < -0.39 is 6.17 Å². The quantitative estimate of drug-likeness (QED) is 0.440. The van der Waals surface area contributed by atoms with Gasteiger partial charge in [-0.05, 0) is 106 Å². The second-order valence-electron chi connectivity index (χ2n) is 11.7. The molecule has 0 aromatic rings. The van der Waals surface area contributed by atoms with E-state index in [-0.39, 0.29) is 0 Å². The van der Waals surface area contributed by atoms with Crippen molar-refractivity contribution >= 4 is 0 Å². The largest absolute Gasteiger partial charge is 0.247 e. The summed E-state index contributed by atoms with van der Waals surface area (Å²) in [5, 5.41) is 0. The van der Waals surface area contributed by atoms with Gasteiger partial charge in [0.1, 0.15) is 6.17 Å². The van der Waals surface area contributed by atoms with Crippen LogP contribution in [-0.2, 0) is 0 Å². The molecule has 0 aliphatic heterocycles. The normalized spacial score (nSPS) is 45.6. The highest BCUT2D eigenvalue weighted by atomic mass is 19.1. The van der Waals surface area contributed by atoms with Crippen molar-refractivity contribution in [3.8, 4) is 0 Å². The molecule has 28 heavy (non-hydrogen) atoms. The molecule has 0 atom stereocenters. The minimum atomic E-state index is -0.482. The van der Waals surface area contributed by atoms with E-state index in [0.29, 0.717) is 0 Å². The lowest BCUT2D eigenvalue weighted by molar-refractivity contribution is 0.119. The van der Waals surface area contributed by atoms with Crippen LogP contribution in [0.5, 0.6) is 0 Å². The SMILES string of the molecule is CC1CCC(C2CCC(CCC3CCC(C4CCC(F)CC4)CC3)CC2)CC1. The van der Waals surface area contributed by atoms with Gasteiger partial charge in [-0.15, -0.1) is 0 Å². The number of hydrogen-bond acceptors (Lipinski definition) is 0. The zero-order chi connectivity index (χ0) is 19.3. The molecule has 0 amide bonds. The van der Waals surface area contributed by atoms with Crippen molar-refractivity contribution in [3.63, 3.8) is 0 Å². The summed E-state index contributed by atoms with van der Waals surface area (Å²) in [6.07, 6.45) is 24.8. The van der Waals surface area contributed by atoms with Crippen LogP contribution in [0.15, 0.2) is 0 Å². The Labute approximate surface area is 174 Å². The van der Waals surface area contributed by atoms with Crippen LogP contribution in [0, 0.1) is 41.4 Å². The van der Waals surface area contributed by atoms with Gasteiger partial charge in [-0.3, -0.25) is 0 Å². The average Bonchev–Trinajstić information content (AvgIpc) is 2.74. The Morgan fingerprint density at radius 1 is 0.464 bits per heavy atom. The van der Waals surface area contributed by atoms with Gasteiger partial charge < -0.3 is 0 Å². The van der Waals surface area contributed by atoms with Gasteiger partial charge in [-0.1, -0.05) is 58.3 Å². The van der Waals surface area contributed by atoms with Crippen molar-refractivity contribution in [2.75, 3.05) is 0 Å². The van der Waals surface area contributed by atoms with Crippen LogP contribution in [0.25, 0.3) is 0 Å². The summed E-state index contributed by atoms with van der Waals surface area (Å²) >= 11 is 0. The maximum absolute atomic E-state index is 13.4. The van der Waals surface area contributed by atoms with E-state index in [1.165, 1.54) is 77.0 Å². The lowest BCUT2D eigenvalue weighted by Gasteiger charge is -2.38. The van der Waals surface area contributed by atoms with Crippen LogP contribution in [0.3, 0.4) is 0 Å². The van der Waals surface area contributed by atoms with E-state index in [4.69, 9.17) is 0 Å². The Morgan fingerprint density at radius 2 is 0.786 bits per heavy atom. The van der Waals surface area contributed by atoms with Gasteiger partial charge in [-0.2, -0.15) is 0 Å². The van der Waals surface area contributed by atoms with Crippen molar-refractivity contribution in [3.05, 3.63) is 0 Å². The molecule has 0 unspecified atom stereocenters. The van der Waals surface area contributed by atoms with Gasteiger partial charge in [0.15, 0.2) is 0 Å². The molecule has 162 valence electrons. The van der Waals surface area contributed by atoms with E-state index in [1.54, 1.807) is 25.7 Å². The molecule has 4 fully saturated rings. The van der Waals surface area contributed by atoms with Crippen LogP contribution < -0.4 is 0 Å². The predicted octanol–water partition coefficient (Wildman–Crippen LogP) is 8.73. The van der Waals surface area contributed by atoms with Crippen LogP contribution in [0.2, 0.25) is 0 Å². The summed E-state index contributed by atoms with van der Waals surface area (Å²) in [6.45, 7) is 2.45.